The van der Waals surface area contributed by atoms with E-state index in [1.165, 1.54) is 14.2 Å². The van der Waals surface area contributed by atoms with Gasteiger partial charge in [-0.15, -0.1) is 0 Å². The van der Waals surface area contributed by atoms with Crippen LogP contribution in [0.5, 0.6) is 11.5 Å². The number of hydrogen-bond donors (Lipinski definition) is 2. The second kappa shape index (κ2) is 8.92. The van der Waals surface area contributed by atoms with Crippen molar-refractivity contribution >= 4 is 29.1 Å². The smallest absolute Gasteiger partial charge is 0.238 e. The lowest BCUT2D eigenvalue weighted by Crippen LogP contribution is -2.42. The first-order chi connectivity index (χ1) is 12.0. The van der Waals surface area contributed by atoms with Crippen LogP contribution in [0.25, 0.3) is 0 Å². The average molecular weight is 370 g/mol. The van der Waals surface area contributed by atoms with Crippen molar-refractivity contribution in [2.75, 3.05) is 46.2 Å². The van der Waals surface area contributed by atoms with Gasteiger partial charge in [-0.1, -0.05) is 11.6 Å². The lowest BCUT2D eigenvalue weighted by atomic mass is 9.96. The summed E-state index contributed by atoms with van der Waals surface area (Å²) in [5.74, 6) is 0.908. The number of benzene rings is 1. The molecule has 1 saturated heterocycles. The van der Waals surface area contributed by atoms with Gasteiger partial charge in [0, 0.05) is 19.0 Å². The summed E-state index contributed by atoms with van der Waals surface area (Å²) in [5.41, 5.74) is 0.499. The Morgan fingerprint density at radius 2 is 1.84 bits per heavy atom. The van der Waals surface area contributed by atoms with Crippen molar-refractivity contribution in [3.8, 4) is 11.5 Å². The van der Waals surface area contributed by atoms with Crippen LogP contribution in [0.2, 0.25) is 5.02 Å². The fourth-order valence-electron chi connectivity index (χ4n) is 2.91. The van der Waals surface area contributed by atoms with Gasteiger partial charge in [0.05, 0.1) is 31.5 Å². The minimum atomic E-state index is -0.155. The van der Waals surface area contributed by atoms with Crippen molar-refractivity contribution in [2.45, 2.75) is 12.8 Å². The second-order valence-corrected chi connectivity index (χ2v) is 6.31. The average Bonchev–Trinajstić information content (AvgIpc) is 2.62. The Morgan fingerprint density at radius 1 is 1.20 bits per heavy atom. The number of rotatable bonds is 6. The monoisotopic (exact) mass is 369 g/mol. The Labute approximate surface area is 152 Å². The van der Waals surface area contributed by atoms with E-state index >= 15 is 0 Å². The predicted octanol–water partition coefficient (Wildman–Crippen LogP) is 1.75. The van der Waals surface area contributed by atoms with Gasteiger partial charge in [0.15, 0.2) is 0 Å². The zero-order valence-corrected chi connectivity index (χ0v) is 15.5. The quantitative estimate of drug-likeness (QED) is 0.798. The summed E-state index contributed by atoms with van der Waals surface area (Å²) in [6.45, 7) is 1.69. The van der Waals surface area contributed by atoms with E-state index in [1.54, 1.807) is 19.2 Å². The van der Waals surface area contributed by atoms with E-state index in [0.717, 1.165) is 12.8 Å². The molecule has 1 aromatic carbocycles. The number of methoxy groups -OCH3 is 2. The van der Waals surface area contributed by atoms with Crippen LogP contribution in [-0.4, -0.2) is 57.6 Å². The molecule has 1 aliphatic rings. The Morgan fingerprint density at radius 3 is 2.40 bits per heavy atom. The third-order valence-corrected chi connectivity index (χ3v) is 4.62. The van der Waals surface area contributed by atoms with Crippen LogP contribution in [0.15, 0.2) is 12.1 Å². The molecule has 0 aromatic heterocycles. The number of likely N-dealkylation sites (tertiary alicyclic amines) is 1. The van der Waals surface area contributed by atoms with E-state index in [0.29, 0.717) is 35.3 Å². The predicted molar refractivity (Wildman–Crippen MR) is 96.4 cm³/mol. The minimum Gasteiger partial charge on any atom is -0.495 e. The SMILES string of the molecule is CNC(=O)C1CCN(CC(=O)Nc2cc(Cl)c(OC)cc2OC)CC1. The lowest BCUT2D eigenvalue weighted by Gasteiger charge is -2.30. The van der Waals surface area contributed by atoms with Crippen molar-refractivity contribution in [3.63, 3.8) is 0 Å². The van der Waals surface area contributed by atoms with E-state index in [2.05, 4.69) is 10.6 Å². The first kappa shape index (κ1) is 19.3. The van der Waals surface area contributed by atoms with Gasteiger partial charge in [-0.2, -0.15) is 0 Å². The summed E-state index contributed by atoms with van der Waals surface area (Å²) < 4.78 is 10.4. The summed E-state index contributed by atoms with van der Waals surface area (Å²) in [4.78, 5) is 26.0. The van der Waals surface area contributed by atoms with E-state index in [-0.39, 0.29) is 24.3 Å². The fourth-order valence-corrected chi connectivity index (χ4v) is 3.15. The highest BCUT2D eigenvalue weighted by atomic mass is 35.5. The Bertz CT molecular complexity index is 631. The first-order valence-corrected chi connectivity index (χ1v) is 8.51. The summed E-state index contributed by atoms with van der Waals surface area (Å²) in [6, 6.07) is 3.24. The third kappa shape index (κ3) is 4.99. The zero-order chi connectivity index (χ0) is 18.4. The normalized spacial score (nSPS) is 15.5. The number of ether oxygens (including phenoxy) is 2. The van der Waals surface area contributed by atoms with Crippen molar-refractivity contribution in [3.05, 3.63) is 17.2 Å². The number of nitrogens with zero attached hydrogens (tertiary/aromatic N) is 1. The highest BCUT2D eigenvalue weighted by Gasteiger charge is 2.25. The molecule has 2 N–H and O–H groups in total. The van der Waals surface area contributed by atoms with Crippen LogP contribution in [0.1, 0.15) is 12.8 Å². The second-order valence-electron chi connectivity index (χ2n) is 5.90. The van der Waals surface area contributed by atoms with Crippen LogP contribution < -0.4 is 20.1 Å². The molecule has 1 heterocycles. The Kier molecular flexibility index (Phi) is 6.90. The number of carbonyl (C=O) groups excluding carboxylic acids is 2. The largest absolute Gasteiger partial charge is 0.495 e. The Balaban J connectivity index is 1.93. The number of nitrogens with one attached hydrogen (secondary N) is 2. The molecule has 0 aliphatic carbocycles. The molecule has 7 nitrogen and oxygen atoms in total. The molecule has 138 valence electrons. The molecular weight excluding hydrogens is 346 g/mol. The van der Waals surface area contributed by atoms with Crippen LogP contribution in [0, 0.1) is 5.92 Å². The highest BCUT2D eigenvalue weighted by molar-refractivity contribution is 6.32. The molecule has 0 spiro atoms. The maximum absolute atomic E-state index is 12.3. The summed E-state index contributed by atoms with van der Waals surface area (Å²) in [5, 5.41) is 5.89. The first-order valence-electron chi connectivity index (χ1n) is 8.13. The summed E-state index contributed by atoms with van der Waals surface area (Å²) in [7, 11) is 4.68. The third-order valence-electron chi connectivity index (χ3n) is 4.32. The van der Waals surface area contributed by atoms with Crippen LogP contribution in [-0.2, 0) is 9.59 Å². The van der Waals surface area contributed by atoms with Crippen molar-refractivity contribution in [1.29, 1.82) is 0 Å². The van der Waals surface area contributed by atoms with Gasteiger partial charge < -0.3 is 20.1 Å². The molecule has 8 heteroatoms. The molecule has 0 saturated carbocycles. The van der Waals surface area contributed by atoms with Crippen LogP contribution in [0.3, 0.4) is 0 Å². The van der Waals surface area contributed by atoms with Gasteiger partial charge in [0.25, 0.3) is 0 Å². The number of carbonyl (C=O) groups is 2. The van der Waals surface area contributed by atoms with Crippen molar-refractivity contribution in [1.82, 2.24) is 10.2 Å². The maximum atomic E-state index is 12.3. The van der Waals surface area contributed by atoms with Crippen molar-refractivity contribution in [2.24, 2.45) is 5.92 Å². The topological polar surface area (TPSA) is 79.9 Å². The van der Waals surface area contributed by atoms with Gasteiger partial charge in [-0.3, -0.25) is 14.5 Å². The summed E-state index contributed by atoms with van der Waals surface area (Å²) in [6.07, 6.45) is 1.51. The minimum absolute atomic E-state index is 0.0322. The number of anilines is 1. The Hall–Kier alpha value is -1.99. The molecular formula is C17H24ClN3O4. The van der Waals surface area contributed by atoms with Crippen LogP contribution >= 0.6 is 11.6 Å². The zero-order valence-electron chi connectivity index (χ0n) is 14.7. The summed E-state index contributed by atoms with van der Waals surface area (Å²) >= 11 is 6.11. The number of piperidine rings is 1. The standard InChI is InChI=1S/C17H24ClN3O4/c1-19-17(23)11-4-6-21(7-5-11)10-16(22)20-13-8-12(18)14(24-2)9-15(13)25-3/h8-9,11H,4-7,10H2,1-3H3,(H,19,23)(H,20,22). The molecule has 2 rings (SSSR count). The molecule has 0 radical (unpaired) electrons. The highest BCUT2D eigenvalue weighted by Crippen LogP contribution is 2.35. The van der Waals surface area contributed by atoms with Gasteiger partial charge in [-0.05, 0) is 32.0 Å². The fraction of sp³-hybridized carbons (Fsp3) is 0.529. The molecule has 0 bridgehead atoms. The van der Waals surface area contributed by atoms with E-state index in [1.807, 2.05) is 4.90 Å². The molecule has 1 aliphatic heterocycles. The number of hydrogen-bond acceptors (Lipinski definition) is 5. The maximum Gasteiger partial charge on any atom is 0.238 e. The van der Waals surface area contributed by atoms with Gasteiger partial charge >= 0.3 is 0 Å². The van der Waals surface area contributed by atoms with Gasteiger partial charge in [-0.25, -0.2) is 0 Å². The molecule has 1 aromatic rings. The molecule has 25 heavy (non-hydrogen) atoms. The van der Waals surface area contributed by atoms with Gasteiger partial charge in [0.1, 0.15) is 11.5 Å². The van der Waals surface area contributed by atoms with Crippen LogP contribution in [0.4, 0.5) is 5.69 Å². The van der Waals surface area contributed by atoms with E-state index < -0.39 is 0 Å². The molecule has 0 atom stereocenters. The molecule has 0 unspecified atom stereocenters. The van der Waals surface area contributed by atoms with E-state index in [9.17, 15) is 9.59 Å². The number of halogens is 1. The molecule has 1 fully saturated rings. The van der Waals surface area contributed by atoms with E-state index in [4.69, 9.17) is 21.1 Å². The van der Waals surface area contributed by atoms with Gasteiger partial charge in [0.2, 0.25) is 11.8 Å². The molecule has 2 amide bonds. The number of amides is 2. The van der Waals surface area contributed by atoms with Crippen molar-refractivity contribution < 1.29 is 19.1 Å². The lowest BCUT2D eigenvalue weighted by molar-refractivity contribution is -0.126.